The Hall–Kier alpha value is -1.30. The molecule has 21 heavy (non-hydrogen) atoms. The van der Waals surface area contributed by atoms with E-state index in [2.05, 4.69) is 9.69 Å². The maximum atomic E-state index is 12.6. The van der Waals surface area contributed by atoms with E-state index in [0.29, 0.717) is 22.2 Å². The number of anilines is 1. The zero-order chi connectivity index (χ0) is 15.6. The van der Waals surface area contributed by atoms with Crippen LogP contribution in [0.3, 0.4) is 0 Å². The fraction of sp³-hybridized carbons (Fsp3) is 0.286. The smallest absolute Gasteiger partial charge is 0.258 e. The number of nitrogens with one attached hydrogen (secondary N) is 1. The molecule has 2 rings (SSSR count). The topological polar surface area (TPSA) is 45.2 Å². The average molecular weight is 344 g/mol. The lowest BCUT2D eigenvalue weighted by atomic mass is 10.2. The minimum Gasteiger partial charge on any atom is -0.378 e. The quantitative estimate of drug-likeness (QED) is 0.909. The van der Waals surface area contributed by atoms with Gasteiger partial charge in [0.2, 0.25) is 0 Å². The molecule has 0 unspecified atom stereocenters. The highest BCUT2D eigenvalue weighted by Crippen LogP contribution is 2.28. The molecular formula is C14H15Cl2N3OS. The van der Waals surface area contributed by atoms with Crippen molar-refractivity contribution in [2.75, 3.05) is 19.4 Å². The van der Waals surface area contributed by atoms with Crippen molar-refractivity contribution in [3.05, 3.63) is 45.1 Å². The maximum absolute atomic E-state index is 12.6. The van der Waals surface area contributed by atoms with Gasteiger partial charge in [-0.15, -0.1) is 0 Å². The van der Waals surface area contributed by atoms with Gasteiger partial charge in [0.1, 0.15) is 5.00 Å². The number of aryl methyl sites for hydroxylation is 1. The van der Waals surface area contributed by atoms with Crippen LogP contribution in [0.25, 0.3) is 0 Å². The SMILES string of the molecule is CNc1snc(C)c1C(=O)N(C)Cc1cccc(Cl)c1Cl. The number of hydrogen-bond donors (Lipinski definition) is 1. The standard InChI is InChI=1S/C14H15Cl2N3OS/c1-8-11(13(17-2)21-18-8)14(20)19(3)7-9-5-4-6-10(15)12(9)16/h4-6,17H,7H2,1-3H3. The summed E-state index contributed by atoms with van der Waals surface area (Å²) in [6, 6.07) is 5.40. The molecule has 0 saturated heterocycles. The lowest BCUT2D eigenvalue weighted by Crippen LogP contribution is -2.27. The predicted molar refractivity (Wildman–Crippen MR) is 88.7 cm³/mol. The molecule has 0 aliphatic rings. The summed E-state index contributed by atoms with van der Waals surface area (Å²) >= 11 is 13.4. The Morgan fingerprint density at radius 2 is 2.14 bits per heavy atom. The van der Waals surface area contributed by atoms with Gasteiger partial charge in [0.05, 0.1) is 21.3 Å². The normalized spacial score (nSPS) is 10.5. The number of nitrogens with zero attached hydrogens (tertiary/aromatic N) is 2. The molecule has 0 aliphatic heterocycles. The van der Waals surface area contributed by atoms with E-state index in [9.17, 15) is 4.79 Å². The first-order valence-electron chi connectivity index (χ1n) is 6.28. The Morgan fingerprint density at radius 3 is 2.81 bits per heavy atom. The van der Waals surface area contributed by atoms with Crippen molar-refractivity contribution in [2.24, 2.45) is 0 Å². The molecule has 2 aromatic rings. The Balaban J connectivity index is 2.24. The number of halogens is 2. The zero-order valence-corrected chi connectivity index (χ0v) is 14.2. The average Bonchev–Trinajstić information content (AvgIpc) is 2.84. The van der Waals surface area contributed by atoms with E-state index in [-0.39, 0.29) is 5.91 Å². The number of hydrogen-bond acceptors (Lipinski definition) is 4. The lowest BCUT2D eigenvalue weighted by molar-refractivity contribution is 0.0785. The maximum Gasteiger partial charge on any atom is 0.258 e. The summed E-state index contributed by atoms with van der Waals surface area (Å²) in [7, 11) is 3.51. The minimum absolute atomic E-state index is 0.0957. The first kappa shape index (κ1) is 16.1. The molecule has 1 aromatic carbocycles. The van der Waals surface area contributed by atoms with Gasteiger partial charge in [-0.1, -0.05) is 35.3 Å². The molecular weight excluding hydrogens is 329 g/mol. The Morgan fingerprint density at radius 1 is 1.43 bits per heavy atom. The van der Waals surface area contributed by atoms with Gasteiger partial charge in [0.15, 0.2) is 0 Å². The van der Waals surface area contributed by atoms with E-state index in [4.69, 9.17) is 23.2 Å². The molecule has 7 heteroatoms. The third-order valence-corrected chi connectivity index (χ3v) is 4.90. The molecule has 0 spiro atoms. The van der Waals surface area contributed by atoms with Crippen molar-refractivity contribution < 1.29 is 4.79 Å². The van der Waals surface area contributed by atoms with Crippen molar-refractivity contribution in [2.45, 2.75) is 13.5 Å². The van der Waals surface area contributed by atoms with Crippen molar-refractivity contribution in [3.63, 3.8) is 0 Å². The summed E-state index contributed by atoms with van der Waals surface area (Å²) in [4.78, 5) is 14.2. The Bertz CT molecular complexity index is 672. The number of rotatable bonds is 4. The van der Waals surface area contributed by atoms with Gasteiger partial charge in [-0.2, -0.15) is 4.37 Å². The molecule has 0 bridgehead atoms. The summed E-state index contributed by atoms with van der Waals surface area (Å²) in [6.07, 6.45) is 0. The minimum atomic E-state index is -0.0957. The van der Waals surface area contributed by atoms with Gasteiger partial charge in [-0.25, -0.2) is 0 Å². The molecule has 1 amide bonds. The van der Waals surface area contributed by atoms with Crippen LogP contribution in [-0.2, 0) is 6.54 Å². The lowest BCUT2D eigenvalue weighted by Gasteiger charge is -2.18. The van der Waals surface area contributed by atoms with E-state index in [1.807, 2.05) is 19.1 Å². The fourth-order valence-corrected chi connectivity index (χ4v) is 3.10. The number of amides is 1. The number of carbonyl (C=O) groups excluding carboxylic acids is 1. The number of benzene rings is 1. The van der Waals surface area contributed by atoms with Crippen LogP contribution in [-0.4, -0.2) is 29.3 Å². The first-order chi connectivity index (χ1) is 9.95. The van der Waals surface area contributed by atoms with Crippen LogP contribution >= 0.6 is 34.7 Å². The first-order valence-corrected chi connectivity index (χ1v) is 7.81. The summed E-state index contributed by atoms with van der Waals surface area (Å²) in [5.74, 6) is -0.0957. The molecule has 0 saturated carbocycles. The highest BCUT2D eigenvalue weighted by Gasteiger charge is 2.21. The summed E-state index contributed by atoms with van der Waals surface area (Å²) in [5, 5.41) is 4.73. The van der Waals surface area contributed by atoms with Crippen molar-refractivity contribution >= 4 is 45.6 Å². The molecule has 0 aliphatic carbocycles. The van der Waals surface area contributed by atoms with Gasteiger partial charge in [0, 0.05) is 20.6 Å². The molecule has 0 atom stereocenters. The van der Waals surface area contributed by atoms with Crippen LogP contribution in [0.15, 0.2) is 18.2 Å². The van der Waals surface area contributed by atoms with E-state index < -0.39 is 0 Å². The number of carbonyl (C=O) groups is 1. The van der Waals surface area contributed by atoms with Gasteiger partial charge < -0.3 is 10.2 Å². The zero-order valence-electron chi connectivity index (χ0n) is 11.9. The molecule has 1 aromatic heterocycles. The van der Waals surface area contributed by atoms with E-state index in [0.717, 1.165) is 16.3 Å². The van der Waals surface area contributed by atoms with Crippen LogP contribution in [0.1, 0.15) is 21.6 Å². The second-order valence-corrected chi connectivity index (χ2v) is 6.15. The van der Waals surface area contributed by atoms with Crippen molar-refractivity contribution in [1.29, 1.82) is 0 Å². The van der Waals surface area contributed by atoms with Gasteiger partial charge >= 0.3 is 0 Å². The second kappa shape index (κ2) is 6.64. The van der Waals surface area contributed by atoms with Crippen molar-refractivity contribution in [3.8, 4) is 0 Å². The summed E-state index contributed by atoms with van der Waals surface area (Å²) in [5.41, 5.74) is 2.13. The Kier molecular flexibility index (Phi) is 5.08. The molecule has 112 valence electrons. The number of aromatic nitrogens is 1. The van der Waals surface area contributed by atoms with Gasteiger partial charge in [-0.05, 0) is 30.1 Å². The van der Waals surface area contributed by atoms with Crippen LogP contribution in [0, 0.1) is 6.92 Å². The van der Waals surface area contributed by atoms with E-state index in [1.54, 1.807) is 25.1 Å². The van der Waals surface area contributed by atoms with Crippen LogP contribution in [0.2, 0.25) is 10.0 Å². The third kappa shape index (κ3) is 3.31. The second-order valence-electron chi connectivity index (χ2n) is 4.60. The molecule has 1 heterocycles. The summed E-state index contributed by atoms with van der Waals surface area (Å²) < 4.78 is 4.21. The van der Waals surface area contributed by atoms with E-state index >= 15 is 0 Å². The highest BCUT2D eigenvalue weighted by atomic mass is 35.5. The highest BCUT2D eigenvalue weighted by molar-refractivity contribution is 7.10. The van der Waals surface area contributed by atoms with Crippen LogP contribution in [0.4, 0.5) is 5.00 Å². The third-order valence-electron chi connectivity index (χ3n) is 3.09. The predicted octanol–water partition coefficient (Wildman–Crippen LogP) is 4.07. The van der Waals surface area contributed by atoms with Gasteiger partial charge in [0.25, 0.3) is 5.91 Å². The largest absolute Gasteiger partial charge is 0.378 e. The van der Waals surface area contributed by atoms with Crippen molar-refractivity contribution in [1.82, 2.24) is 9.27 Å². The molecule has 1 N–H and O–H groups in total. The monoisotopic (exact) mass is 343 g/mol. The van der Waals surface area contributed by atoms with E-state index in [1.165, 1.54) is 11.5 Å². The molecule has 0 radical (unpaired) electrons. The van der Waals surface area contributed by atoms with Gasteiger partial charge in [-0.3, -0.25) is 4.79 Å². The van der Waals surface area contributed by atoms with Crippen LogP contribution < -0.4 is 5.32 Å². The molecule has 4 nitrogen and oxygen atoms in total. The molecule has 0 fully saturated rings. The van der Waals surface area contributed by atoms with Crippen LogP contribution in [0.5, 0.6) is 0 Å². The summed E-state index contributed by atoms with van der Waals surface area (Å²) in [6.45, 7) is 2.21. The Labute approximate surface area is 137 Å². The fourth-order valence-electron chi connectivity index (χ4n) is 1.98.